The number of anilines is 1. The maximum atomic E-state index is 12.1. The van der Waals surface area contributed by atoms with Crippen molar-refractivity contribution in [3.63, 3.8) is 0 Å². The number of nitrogens with one attached hydrogen (secondary N) is 1. The zero-order valence-electron chi connectivity index (χ0n) is 9.89. The topological polar surface area (TPSA) is 55.8 Å². The predicted molar refractivity (Wildman–Crippen MR) is 66.3 cm³/mol. The lowest BCUT2D eigenvalue weighted by Crippen LogP contribution is -2.35. The van der Waals surface area contributed by atoms with E-state index in [2.05, 4.69) is 5.32 Å². The Bertz CT molecular complexity index is 408. The number of rotatable bonds is 4. The van der Waals surface area contributed by atoms with Crippen LogP contribution in [0.3, 0.4) is 0 Å². The van der Waals surface area contributed by atoms with Crippen LogP contribution in [0.5, 0.6) is 5.75 Å². The van der Waals surface area contributed by atoms with Crippen LogP contribution in [0.1, 0.15) is 0 Å². The first-order valence-electron chi connectivity index (χ1n) is 5.73. The Morgan fingerprint density at radius 1 is 1.35 bits per heavy atom. The number of aromatic hydroxyl groups is 1. The second-order valence-corrected chi connectivity index (χ2v) is 4.01. The van der Waals surface area contributed by atoms with Gasteiger partial charge in [-0.05, 0) is 19.2 Å². The SMILES string of the molecule is CNCCN1CCN(c2ccccc2O)C1=O. The van der Waals surface area contributed by atoms with Crippen LogP contribution in [0.4, 0.5) is 10.5 Å². The van der Waals surface area contributed by atoms with Crippen LogP contribution in [-0.2, 0) is 0 Å². The molecule has 1 aliphatic heterocycles. The molecule has 0 spiro atoms. The van der Waals surface area contributed by atoms with Gasteiger partial charge < -0.3 is 15.3 Å². The number of nitrogens with zero attached hydrogens (tertiary/aromatic N) is 2. The molecule has 0 aliphatic carbocycles. The molecule has 1 aliphatic rings. The number of benzene rings is 1. The number of urea groups is 1. The van der Waals surface area contributed by atoms with Gasteiger partial charge in [-0.25, -0.2) is 4.79 Å². The summed E-state index contributed by atoms with van der Waals surface area (Å²) in [5, 5.41) is 12.7. The van der Waals surface area contributed by atoms with Gasteiger partial charge in [0.05, 0.1) is 5.69 Å². The number of phenolic OH excluding ortho intramolecular Hbond substituents is 1. The van der Waals surface area contributed by atoms with Gasteiger partial charge >= 0.3 is 6.03 Å². The first-order chi connectivity index (χ1) is 8.24. The zero-order chi connectivity index (χ0) is 12.3. The molecule has 0 bridgehead atoms. The molecule has 1 aromatic rings. The van der Waals surface area contributed by atoms with Gasteiger partial charge in [0, 0.05) is 26.2 Å². The largest absolute Gasteiger partial charge is 0.506 e. The average molecular weight is 235 g/mol. The number of carbonyl (C=O) groups excluding carboxylic acids is 1. The summed E-state index contributed by atoms with van der Waals surface area (Å²) in [6.45, 7) is 2.80. The second-order valence-electron chi connectivity index (χ2n) is 4.01. The van der Waals surface area contributed by atoms with Crippen LogP contribution in [0.2, 0.25) is 0 Å². The van der Waals surface area contributed by atoms with Crippen molar-refractivity contribution in [1.82, 2.24) is 10.2 Å². The number of phenols is 1. The van der Waals surface area contributed by atoms with Crippen molar-refractivity contribution >= 4 is 11.7 Å². The highest BCUT2D eigenvalue weighted by Gasteiger charge is 2.30. The normalized spacial score (nSPS) is 15.7. The van der Waals surface area contributed by atoms with Crippen molar-refractivity contribution < 1.29 is 9.90 Å². The summed E-state index contributed by atoms with van der Waals surface area (Å²) in [4.78, 5) is 15.5. The summed E-state index contributed by atoms with van der Waals surface area (Å²) in [6, 6.07) is 6.88. The van der Waals surface area contributed by atoms with Crippen molar-refractivity contribution in [1.29, 1.82) is 0 Å². The molecule has 1 saturated heterocycles. The lowest BCUT2D eigenvalue weighted by molar-refractivity contribution is 0.221. The van der Waals surface area contributed by atoms with Crippen molar-refractivity contribution in [3.05, 3.63) is 24.3 Å². The van der Waals surface area contributed by atoms with Crippen LogP contribution < -0.4 is 10.2 Å². The van der Waals surface area contributed by atoms with Crippen molar-refractivity contribution in [3.8, 4) is 5.75 Å². The molecule has 5 nitrogen and oxygen atoms in total. The third kappa shape index (κ3) is 2.34. The molecule has 92 valence electrons. The molecule has 1 fully saturated rings. The van der Waals surface area contributed by atoms with Crippen LogP contribution in [0, 0.1) is 0 Å². The van der Waals surface area contributed by atoms with Gasteiger partial charge in [-0.2, -0.15) is 0 Å². The van der Waals surface area contributed by atoms with E-state index in [1.165, 1.54) is 0 Å². The minimum atomic E-state index is -0.0400. The van der Waals surface area contributed by atoms with Crippen LogP contribution in [-0.4, -0.2) is 49.3 Å². The molecule has 0 unspecified atom stereocenters. The van der Waals surface area contributed by atoms with Crippen molar-refractivity contribution in [2.45, 2.75) is 0 Å². The lowest BCUT2D eigenvalue weighted by atomic mass is 10.3. The third-order valence-corrected chi connectivity index (χ3v) is 2.90. The number of carbonyl (C=O) groups is 1. The third-order valence-electron chi connectivity index (χ3n) is 2.90. The van der Waals surface area contributed by atoms with Crippen LogP contribution >= 0.6 is 0 Å². The van der Waals surface area contributed by atoms with Gasteiger partial charge in [0.1, 0.15) is 5.75 Å². The molecule has 17 heavy (non-hydrogen) atoms. The molecule has 0 aromatic heterocycles. The van der Waals surface area contributed by atoms with E-state index < -0.39 is 0 Å². The molecule has 2 rings (SSSR count). The fourth-order valence-electron chi connectivity index (χ4n) is 1.95. The highest BCUT2D eigenvalue weighted by Crippen LogP contribution is 2.29. The molecule has 2 N–H and O–H groups in total. The van der Waals surface area contributed by atoms with Gasteiger partial charge in [-0.3, -0.25) is 4.90 Å². The number of hydrogen-bond donors (Lipinski definition) is 2. The molecule has 1 heterocycles. The van der Waals surface area contributed by atoms with E-state index in [4.69, 9.17) is 0 Å². The molecule has 0 radical (unpaired) electrons. The van der Waals surface area contributed by atoms with E-state index >= 15 is 0 Å². The summed E-state index contributed by atoms with van der Waals surface area (Å²) >= 11 is 0. The predicted octanol–water partition coefficient (Wildman–Crippen LogP) is 0.854. The minimum Gasteiger partial charge on any atom is -0.506 e. The summed E-state index contributed by atoms with van der Waals surface area (Å²) < 4.78 is 0. The Balaban J connectivity index is 2.10. The van der Waals surface area contributed by atoms with E-state index in [9.17, 15) is 9.90 Å². The molecule has 1 aromatic carbocycles. The summed E-state index contributed by atoms with van der Waals surface area (Å²) in [6.07, 6.45) is 0. The van der Waals surface area contributed by atoms with E-state index in [0.717, 1.165) is 6.54 Å². The molecule has 0 saturated carbocycles. The molecule has 0 atom stereocenters. The van der Waals surface area contributed by atoms with E-state index in [0.29, 0.717) is 25.3 Å². The monoisotopic (exact) mass is 235 g/mol. The van der Waals surface area contributed by atoms with Gasteiger partial charge in [0.15, 0.2) is 0 Å². The van der Waals surface area contributed by atoms with Crippen molar-refractivity contribution in [2.24, 2.45) is 0 Å². The first-order valence-corrected chi connectivity index (χ1v) is 5.73. The Hall–Kier alpha value is -1.75. The van der Waals surface area contributed by atoms with Crippen LogP contribution in [0.15, 0.2) is 24.3 Å². The second kappa shape index (κ2) is 5.05. The van der Waals surface area contributed by atoms with Crippen molar-refractivity contribution in [2.75, 3.05) is 38.1 Å². The maximum Gasteiger partial charge on any atom is 0.324 e. The van der Waals surface area contributed by atoms with Gasteiger partial charge in [-0.1, -0.05) is 12.1 Å². The Labute approximate surface area is 101 Å². The fourth-order valence-corrected chi connectivity index (χ4v) is 1.95. The van der Waals surface area contributed by atoms with Gasteiger partial charge in [0.25, 0.3) is 0 Å². The van der Waals surface area contributed by atoms with E-state index in [1.54, 1.807) is 28.0 Å². The fraction of sp³-hybridized carbons (Fsp3) is 0.417. The zero-order valence-corrected chi connectivity index (χ0v) is 9.89. The Morgan fingerprint density at radius 2 is 2.12 bits per heavy atom. The Kier molecular flexibility index (Phi) is 3.49. The molecular formula is C12H17N3O2. The molecule has 5 heteroatoms. The number of hydrogen-bond acceptors (Lipinski definition) is 3. The number of para-hydroxylation sites is 2. The summed E-state index contributed by atoms with van der Waals surface area (Å²) in [5.74, 6) is 0.149. The number of amides is 2. The Morgan fingerprint density at radius 3 is 2.82 bits per heavy atom. The van der Waals surface area contributed by atoms with Crippen LogP contribution in [0.25, 0.3) is 0 Å². The summed E-state index contributed by atoms with van der Waals surface area (Å²) in [5.41, 5.74) is 0.587. The minimum absolute atomic E-state index is 0.0400. The number of likely N-dealkylation sites (N-methyl/N-ethyl adjacent to an activating group) is 1. The van der Waals surface area contributed by atoms with E-state index in [-0.39, 0.29) is 11.8 Å². The summed E-state index contributed by atoms with van der Waals surface area (Å²) in [7, 11) is 1.86. The van der Waals surface area contributed by atoms with Gasteiger partial charge in [0.2, 0.25) is 0 Å². The molecular weight excluding hydrogens is 218 g/mol. The smallest absolute Gasteiger partial charge is 0.324 e. The van der Waals surface area contributed by atoms with Gasteiger partial charge in [-0.15, -0.1) is 0 Å². The lowest BCUT2D eigenvalue weighted by Gasteiger charge is -2.19. The standard InChI is InChI=1S/C12H17N3O2/c1-13-6-7-14-8-9-15(12(14)17)10-4-2-3-5-11(10)16/h2-5,13,16H,6-9H2,1H3. The first kappa shape index (κ1) is 11.7. The maximum absolute atomic E-state index is 12.1. The quantitative estimate of drug-likeness (QED) is 0.813. The average Bonchev–Trinajstić information content (AvgIpc) is 2.69. The highest BCUT2D eigenvalue weighted by atomic mass is 16.3. The van der Waals surface area contributed by atoms with E-state index in [1.807, 2.05) is 13.1 Å². The molecule has 2 amide bonds. The highest BCUT2D eigenvalue weighted by molar-refractivity contribution is 5.95.